The molecule has 11 unspecified atom stereocenters. The summed E-state index contributed by atoms with van der Waals surface area (Å²) in [7, 11) is 0. The number of aliphatic hydroxyl groups excluding tert-OH is 4. The molecule has 0 aromatic carbocycles. The van der Waals surface area contributed by atoms with Crippen molar-refractivity contribution in [1.82, 2.24) is 0 Å². The summed E-state index contributed by atoms with van der Waals surface area (Å²) >= 11 is 0. The summed E-state index contributed by atoms with van der Waals surface area (Å²) in [6.45, 7) is 3.41. The topological polar surface area (TPSA) is 197 Å². The third-order valence-electron chi connectivity index (χ3n) is 8.51. The maximum Gasteiger partial charge on any atom is 0.306 e. The molecular weight excluding hydrogens is 620 g/mol. The van der Waals surface area contributed by atoms with Crippen LogP contribution in [0.3, 0.4) is 0 Å². The quantitative estimate of drug-likeness (QED) is 0.192. The Bertz CT molecular complexity index is 990. The smallest absolute Gasteiger partial charge is 0.306 e. The average Bonchev–Trinajstić information content (AvgIpc) is 3.02. The number of fused-ring (bicyclic) bond motifs is 18. The van der Waals surface area contributed by atoms with E-state index in [2.05, 4.69) is 12.2 Å². The molecule has 0 radical (unpaired) electrons. The predicted octanol–water partition coefficient (Wildman–Crippen LogP) is 1.96. The lowest BCUT2D eigenvalue weighted by molar-refractivity contribution is -0.371. The molecule has 4 aliphatic rings. The molecule has 2 bridgehead atoms. The molecule has 4 rings (SSSR count). The maximum absolute atomic E-state index is 12.7. The average molecular weight is 675 g/mol. The third kappa shape index (κ3) is 13.0. The van der Waals surface area contributed by atoms with Crippen molar-refractivity contribution in [2.75, 3.05) is 13.2 Å². The van der Waals surface area contributed by atoms with Gasteiger partial charge in [0.25, 0.3) is 0 Å². The number of ether oxygens (including phenoxy) is 7. The molecule has 0 amide bonds. The van der Waals surface area contributed by atoms with Crippen molar-refractivity contribution in [2.24, 2.45) is 0 Å². The normalized spacial score (nSPS) is 37.4. The minimum absolute atomic E-state index is 0.0919. The first-order chi connectivity index (χ1) is 22.5. The van der Waals surface area contributed by atoms with Crippen LogP contribution < -0.4 is 0 Å². The molecule has 0 aliphatic carbocycles. The molecule has 4 N–H and O–H groups in total. The van der Waals surface area contributed by atoms with E-state index in [1.165, 1.54) is 13.8 Å². The van der Waals surface area contributed by atoms with Gasteiger partial charge in [-0.2, -0.15) is 0 Å². The molecule has 2 saturated heterocycles. The van der Waals surface area contributed by atoms with Gasteiger partial charge in [-0.15, -0.1) is 0 Å². The van der Waals surface area contributed by atoms with Gasteiger partial charge in [-0.3, -0.25) is 14.4 Å². The summed E-state index contributed by atoms with van der Waals surface area (Å²) in [5.74, 6) is -1.86. The summed E-state index contributed by atoms with van der Waals surface area (Å²) in [5.41, 5.74) is 0. The first kappa shape index (κ1) is 39.3. The fraction of sp³-hybridized carbons (Fsp3) is 0.848. The van der Waals surface area contributed by atoms with Crippen LogP contribution in [0.1, 0.15) is 97.8 Å². The minimum Gasteiger partial charge on any atom is -0.463 e. The van der Waals surface area contributed by atoms with Crippen molar-refractivity contribution in [3.05, 3.63) is 12.2 Å². The van der Waals surface area contributed by atoms with E-state index in [1.807, 2.05) is 6.92 Å². The fourth-order valence-corrected chi connectivity index (χ4v) is 5.83. The molecule has 0 aromatic heterocycles. The highest BCUT2D eigenvalue weighted by molar-refractivity contribution is 5.69. The van der Waals surface area contributed by atoms with Gasteiger partial charge >= 0.3 is 17.9 Å². The third-order valence-corrected chi connectivity index (χ3v) is 8.51. The van der Waals surface area contributed by atoms with Crippen molar-refractivity contribution in [2.45, 2.75) is 165 Å². The second-order valence-corrected chi connectivity index (χ2v) is 12.6. The van der Waals surface area contributed by atoms with Crippen molar-refractivity contribution in [3.63, 3.8) is 0 Å². The van der Waals surface area contributed by atoms with Crippen LogP contribution in [0, 0.1) is 0 Å². The van der Waals surface area contributed by atoms with Crippen LogP contribution in [0.2, 0.25) is 0 Å². The van der Waals surface area contributed by atoms with Crippen molar-refractivity contribution in [1.29, 1.82) is 0 Å². The van der Waals surface area contributed by atoms with Crippen LogP contribution in [0.5, 0.6) is 0 Å². The van der Waals surface area contributed by atoms with Crippen molar-refractivity contribution in [3.8, 4) is 0 Å². The lowest BCUT2D eigenvalue weighted by atomic mass is 9.97. The molecule has 2 fully saturated rings. The number of rotatable bonds is 4. The highest BCUT2D eigenvalue weighted by atomic mass is 16.8. The molecule has 14 heteroatoms. The van der Waals surface area contributed by atoms with E-state index < -0.39 is 85.9 Å². The second-order valence-electron chi connectivity index (χ2n) is 12.6. The van der Waals surface area contributed by atoms with Gasteiger partial charge in [-0.05, 0) is 45.4 Å². The monoisotopic (exact) mass is 674 g/mol. The summed E-state index contributed by atoms with van der Waals surface area (Å²) in [6, 6.07) is 0. The zero-order valence-corrected chi connectivity index (χ0v) is 27.8. The minimum atomic E-state index is -1.79. The van der Waals surface area contributed by atoms with Gasteiger partial charge in [-0.25, -0.2) is 0 Å². The van der Waals surface area contributed by atoms with Gasteiger partial charge in [0, 0.05) is 20.3 Å². The van der Waals surface area contributed by atoms with E-state index in [0.29, 0.717) is 12.8 Å². The Morgan fingerprint density at radius 2 is 1.23 bits per heavy atom. The van der Waals surface area contributed by atoms with Gasteiger partial charge < -0.3 is 53.6 Å². The second kappa shape index (κ2) is 20.4. The predicted molar refractivity (Wildman–Crippen MR) is 164 cm³/mol. The number of allylic oxidation sites excluding steroid dienone is 2. The van der Waals surface area contributed by atoms with Gasteiger partial charge in [0.2, 0.25) is 0 Å². The van der Waals surface area contributed by atoms with Crippen molar-refractivity contribution < 1.29 is 68.0 Å². The van der Waals surface area contributed by atoms with Crippen LogP contribution in [0.4, 0.5) is 0 Å². The molecule has 0 aromatic rings. The lowest BCUT2D eigenvalue weighted by Gasteiger charge is -2.47. The van der Waals surface area contributed by atoms with Crippen LogP contribution in [0.25, 0.3) is 0 Å². The van der Waals surface area contributed by atoms with Gasteiger partial charge in [-0.1, -0.05) is 44.3 Å². The molecule has 11 atom stereocenters. The number of carbonyl (C=O) groups is 3. The number of esters is 3. The summed E-state index contributed by atoms with van der Waals surface area (Å²) in [4.78, 5) is 35.8. The molecule has 0 spiro atoms. The highest BCUT2D eigenvalue weighted by Crippen LogP contribution is 2.32. The Labute approximate surface area is 276 Å². The van der Waals surface area contributed by atoms with Gasteiger partial charge in [0.15, 0.2) is 18.7 Å². The SMILES string of the molecule is CC(=O)OCC1OC2OC(C)CCCCCC=CCCCCCCCC(=O)OC3C(COC(C)=O)OC(OC2C(O)C1O)C(O)C3O. The molecular formula is C33H54O14. The molecule has 14 nitrogen and oxygen atoms in total. The summed E-state index contributed by atoms with van der Waals surface area (Å²) in [6.07, 6.45) is -0.804. The first-order valence-corrected chi connectivity index (χ1v) is 16.9. The van der Waals surface area contributed by atoms with Crippen LogP contribution >= 0.6 is 0 Å². The molecule has 4 aliphatic heterocycles. The Morgan fingerprint density at radius 1 is 0.681 bits per heavy atom. The zero-order valence-electron chi connectivity index (χ0n) is 27.8. The summed E-state index contributed by atoms with van der Waals surface area (Å²) < 4.78 is 39.5. The van der Waals surface area contributed by atoms with E-state index >= 15 is 0 Å². The van der Waals surface area contributed by atoms with Gasteiger partial charge in [0.1, 0.15) is 55.9 Å². The number of aliphatic hydroxyl groups is 4. The lowest BCUT2D eigenvalue weighted by Crippen LogP contribution is -2.65. The number of hydrogen-bond acceptors (Lipinski definition) is 14. The van der Waals surface area contributed by atoms with E-state index in [0.717, 1.165) is 57.8 Å². The molecule has 4 heterocycles. The fourth-order valence-electron chi connectivity index (χ4n) is 5.83. The number of carbonyl (C=O) groups excluding carboxylic acids is 3. The van der Waals surface area contributed by atoms with Crippen LogP contribution in [-0.2, 0) is 47.5 Å². The van der Waals surface area contributed by atoms with E-state index in [4.69, 9.17) is 33.2 Å². The molecule has 47 heavy (non-hydrogen) atoms. The van der Waals surface area contributed by atoms with Gasteiger partial charge in [0.05, 0.1) is 6.10 Å². The Balaban J connectivity index is 1.82. The Kier molecular flexibility index (Phi) is 17.0. The van der Waals surface area contributed by atoms with Crippen molar-refractivity contribution >= 4 is 17.9 Å². The van der Waals surface area contributed by atoms with Crippen LogP contribution in [-0.4, -0.2) is 119 Å². The Morgan fingerprint density at radius 3 is 1.89 bits per heavy atom. The number of hydrogen-bond donors (Lipinski definition) is 4. The van der Waals surface area contributed by atoms with Crippen LogP contribution in [0.15, 0.2) is 12.2 Å². The Hall–Kier alpha value is -2.17. The standard InChI is InChI=1S/C33H54O14/c1-20-16-14-12-10-8-6-4-5-7-9-11-13-15-17-25(36)46-30-24(19-42-22(3)35)45-32(29(40)28(30)39)47-31-27(38)26(37)23(18-41-21(2)34)44-33(31)43-20/h4,6,20,23-24,26-33,37-40H,5,7-19H2,1-3H3. The molecule has 270 valence electrons. The van der Waals surface area contributed by atoms with E-state index in [1.54, 1.807) is 0 Å². The molecule has 0 saturated carbocycles. The largest absolute Gasteiger partial charge is 0.463 e. The first-order valence-electron chi connectivity index (χ1n) is 16.9. The summed E-state index contributed by atoms with van der Waals surface area (Å²) in [5, 5.41) is 44.1. The van der Waals surface area contributed by atoms with E-state index in [9.17, 15) is 34.8 Å². The maximum atomic E-state index is 12.7. The zero-order chi connectivity index (χ0) is 34.3. The van der Waals surface area contributed by atoms with E-state index in [-0.39, 0.29) is 19.1 Å². The highest BCUT2D eigenvalue weighted by Gasteiger charge is 2.52.